The van der Waals surface area contributed by atoms with Gasteiger partial charge in [-0.15, -0.1) is 0 Å². The molecule has 1 spiro atoms. The van der Waals surface area contributed by atoms with E-state index in [-0.39, 0.29) is 18.7 Å². The third-order valence-corrected chi connectivity index (χ3v) is 6.80. The number of hydrogen-bond acceptors (Lipinski definition) is 7. The van der Waals surface area contributed by atoms with Crippen molar-refractivity contribution in [1.29, 1.82) is 0 Å². The number of piperidine rings is 1. The van der Waals surface area contributed by atoms with Crippen LogP contribution in [-0.2, 0) is 9.59 Å². The van der Waals surface area contributed by atoms with E-state index in [0.717, 1.165) is 37.4 Å². The van der Waals surface area contributed by atoms with E-state index < -0.39 is 23.8 Å². The van der Waals surface area contributed by atoms with E-state index in [4.69, 9.17) is 0 Å². The first-order chi connectivity index (χ1) is 15.0. The second-order valence-electron chi connectivity index (χ2n) is 9.12. The Morgan fingerprint density at radius 1 is 1.06 bits per heavy atom. The summed E-state index contributed by atoms with van der Waals surface area (Å²) in [5.41, 5.74) is 1.79. The predicted octanol–water partition coefficient (Wildman–Crippen LogP) is 0.185. The number of unbranched alkanes of at least 4 members (excludes halogenated alkanes) is 1. The molecule has 9 heteroatoms. The van der Waals surface area contributed by atoms with Gasteiger partial charge < -0.3 is 15.5 Å². The lowest BCUT2D eigenvalue weighted by Gasteiger charge is -2.56. The first kappa shape index (κ1) is 20.1. The van der Waals surface area contributed by atoms with Crippen LogP contribution in [0.25, 0.3) is 0 Å². The summed E-state index contributed by atoms with van der Waals surface area (Å²) in [6.45, 7) is 6.45. The quantitative estimate of drug-likeness (QED) is 0.422. The Labute approximate surface area is 180 Å². The van der Waals surface area contributed by atoms with Crippen LogP contribution in [0, 0.1) is 5.41 Å². The van der Waals surface area contributed by atoms with E-state index in [1.807, 2.05) is 0 Å². The second-order valence-corrected chi connectivity index (χ2v) is 9.12. The number of benzene rings is 1. The lowest BCUT2D eigenvalue weighted by Crippen LogP contribution is -2.70. The van der Waals surface area contributed by atoms with E-state index in [9.17, 15) is 19.2 Å². The maximum Gasteiger partial charge on any atom is 0.264 e. The number of nitrogens with zero attached hydrogens (tertiary/aromatic N) is 2. The molecule has 3 fully saturated rings. The Morgan fingerprint density at radius 2 is 1.87 bits per heavy atom. The summed E-state index contributed by atoms with van der Waals surface area (Å²) in [5, 5.41) is 8.87. The van der Waals surface area contributed by atoms with Gasteiger partial charge in [0, 0.05) is 50.2 Å². The fourth-order valence-corrected chi connectivity index (χ4v) is 5.11. The largest absolute Gasteiger partial charge is 0.384 e. The molecular weight excluding hydrogens is 398 g/mol. The summed E-state index contributed by atoms with van der Waals surface area (Å²) in [6, 6.07) is 4.21. The van der Waals surface area contributed by atoms with Crippen molar-refractivity contribution in [2.24, 2.45) is 5.41 Å². The average Bonchev–Trinajstić information content (AvgIpc) is 2.93. The minimum Gasteiger partial charge on any atom is -0.384 e. The summed E-state index contributed by atoms with van der Waals surface area (Å²) in [6.07, 6.45) is 2.31. The smallest absolute Gasteiger partial charge is 0.264 e. The molecule has 5 rings (SSSR count). The number of carbonyl (C=O) groups excluding carboxylic acids is 4. The van der Waals surface area contributed by atoms with Crippen LogP contribution in [0.4, 0.5) is 5.69 Å². The number of imide groups is 2. The van der Waals surface area contributed by atoms with Crippen molar-refractivity contribution in [2.75, 3.05) is 44.6 Å². The highest BCUT2D eigenvalue weighted by Crippen LogP contribution is 2.34. The number of likely N-dealkylation sites (tertiary alicyclic amines) is 1. The molecule has 1 atom stereocenters. The number of amides is 4. The minimum absolute atomic E-state index is 0.115. The highest BCUT2D eigenvalue weighted by atomic mass is 16.2. The van der Waals surface area contributed by atoms with Gasteiger partial charge in [0.05, 0.1) is 11.1 Å². The molecule has 3 saturated heterocycles. The molecule has 1 aromatic carbocycles. The fraction of sp³-hybridized carbons (Fsp3) is 0.545. The van der Waals surface area contributed by atoms with E-state index in [1.165, 1.54) is 13.1 Å². The molecular formula is C22H27N5O4. The summed E-state index contributed by atoms with van der Waals surface area (Å²) in [7, 11) is 0. The zero-order chi connectivity index (χ0) is 21.6. The van der Waals surface area contributed by atoms with Crippen LogP contribution in [0.5, 0.6) is 0 Å². The number of fused-ring (bicyclic) bond motifs is 1. The predicted molar refractivity (Wildman–Crippen MR) is 113 cm³/mol. The van der Waals surface area contributed by atoms with Crippen molar-refractivity contribution in [1.82, 2.24) is 20.4 Å². The van der Waals surface area contributed by atoms with Gasteiger partial charge in [-0.3, -0.25) is 29.4 Å². The van der Waals surface area contributed by atoms with Gasteiger partial charge in [-0.2, -0.15) is 0 Å². The van der Waals surface area contributed by atoms with Crippen LogP contribution in [0.1, 0.15) is 46.4 Å². The molecule has 4 aliphatic rings. The summed E-state index contributed by atoms with van der Waals surface area (Å²) in [5.74, 6) is -1.92. The first-order valence-corrected chi connectivity index (χ1v) is 11.0. The Balaban J connectivity index is 1.17. The SMILES string of the molecule is O=C1CCC(N2C(=O)c3cccc(NCCCCN4CC5(CNC5)C4)c3C2=O)C(=O)N1. The molecule has 0 aromatic heterocycles. The van der Waals surface area contributed by atoms with Gasteiger partial charge in [0.2, 0.25) is 11.8 Å². The van der Waals surface area contributed by atoms with Gasteiger partial charge in [0.15, 0.2) is 0 Å². The number of anilines is 1. The minimum atomic E-state index is -0.941. The highest BCUT2D eigenvalue weighted by molar-refractivity contribution is 6.25. The molecule has 164 valence electrons. The summed E-state index contributed by atoms with van der Waals surface area (Å²) < 4.78 is 0. The fourth-order valence-electron chi connectivity index (χ4n) is 5.11. The first-order valence-electron chi connectivity index (χ1n) is 11.0. The number of rotatable bonds is 7. The monoisotopic (exact) mass is 425 g/mol. The average molecular weight is 425 g/mol. The molecule has 9 nitrogen and oxygen atoms in total. The molecule has 1 aromatic rings. The molecule has 31 heavy (non-hydrogen) atoms. The molecule has 4 heterocycles. The maximum atomic E-state index is 13.1. The number of hydrogen-bond donors (Lipinski definition) is 3. The van der Waals surface area contributed by atoms with Crippen LogP contribution in [0.2, 0.25) is 0 Å². The molecule has 0 aliphatic carbocycles. The number of nitrogens with one attached hydrogen (secondary N) is 3. The van der Waals surface area contributed by atoms with Crippen molar-refractivity contribution in [3.8, 4) is 0 Å². The van der Waals surface area contributed by atoms with Crippen LogP contribution >= 0.6 is 0 Å². The van der Waals surface area contributed by atoms with Crippen molar-refractivity contribution >= 4 is 29.3 Å². The Bertz CT molecular complexity index is 949. The normalized spacial score (nSPS) is 24.6. The molecule has 0 radical (unpaired) electrons. The standard InChI is InChI=1S/C22H27N5O4/c28-17-7-6-16(19(29)25-17)27-20(30)14-4-3-5-15(18(14)21(27)31)24-8-1-2-9-26-12-22(13-26)10-23-11-22/h3-5,16,23-24H,1-2,6-13H2,(H,25,28,29). The Kier molecular flexibility index (Phi) is 5.02. The molecule has 0 saturated carbocycles. The third-order valence-electron chi connectivity index (χ3n) is 6.80. The lowest BCUT2D eigenvalue weighted by molar-refractivity contribution is -0.136. The van der Waals surface area contributed by atoms with Gasteiger partial charge >= 0.3 is 0 Å². The van der Waals surface area contributed by atoms with Crippen LogP contribution < -0.4 is 16.0 Å². The molecule has 4 amide bonds. The van der Waals surface area contributed by atoms with Crippen molar-refractivity contribution in [3.05, 3.63) is 29.3 Å². The van der Waals surface area contributed by atoms with Crippen LogP contribution in [0.15, 0.2) is 18.2 Å². The van der Waals surface area contributed by atoms with E-state index in [1.54, 1.807) is 18.2 Å². The summed E-state index contributed by atoms with van der Waals surface area (Å²) >= 11 is 0. The van der Waals surface area contributed by atoms with Gasteiger partial charge in [-0.25, -0.2) is 0 Å². The Hall–Kier alpha value is -2.78. The van der Waals surface area contributed by atoms with Gasteiger partial charge in [-0.1, -0.05) is 6.07 Å². The highest BCUT2D eigenvalue weighted by Gasteiger charge is 2.47. The second kappa shape index (κ2) is 7.72. The lowest BCUT2D eigenvalue weighted by atomic mass is 9.74. The summed E-state index contributed by atoms with van der Waals surface area (Å²) in [4.78, 5) is 53.0. The molecule has 4 aliphatic heterocycles. The van der Waals surface area contributed by atoms with Crippen LogP contribution in [0.3, 0.4) is 0 Å². The zero-order valence-corrected chi connectivity index (χ0v) is 17.4. The number of carbonyl (C=O) groups is 4. The van der Waals surface area contributed by atoms with Gasteiger partial charge in [0.25, 0.3) is 11.8 Å². The third kappa shape index (κ3) is 3.51. The topological polar surface area (TPSA) is 111 Å². The van der Waals surface area contributed by atoms with Crippen molar-refractivity contribution < 1.29 is 19.2 Å². The van der Waals surface area contributed by atoms with Gasteiger partial charge in [0.1, 0.15) is 6.04 Å². The maximum absolute atomic E-state index is 13.1. The zero-order valence-electron chi connectivity index (χ0n) is 17.4. The van der Waals surface area contributed by atoms with E-state index >= 15 is 0 Å². The van der Waals surface area contributed by atoms with Crippen molar-refractivity contribution in [3.63, 3.8) is 0 Å². The van der Waals surface area contributed by atoms with Gasteiger partial charge in [-0.05, 0) is 37.9 Å². The molecule has 3 N–H and O–H groups in total. The molecule has 1 unspecified atom stereocenters. The van der Waals surface area contributed by atoms with Crippen molar-refractivity contribution in [2.45, 2.75) is 31.7 Å². The molecule has 0 bridgehead atoms. The van der Waals surface area contributed by atoms with E-state index in [0.29, 0.717) is 28.8 Å². The van der Waals surface area contributed by atoms with Crippen LogP contribution in [-0.4, -0.2) is 78.7 Å². The van der Waals surface area contributed by atoms with E-state index in [2.05, 4.69) is 20.9 Å². The Morgan fingerprint density at radius 3 is 2.58 bits per heavy atom.